The Bertz CT molecular complexity index is 1370. The Balaban J connectivity index is 1.32. The topological polar surface area (TPSA) is 128 Å². The third-order valence-electron chi connectivity index (χ3n) is 10.6. The third-order valence-corrected chi connectivity index (χ3v) is 10.6. The Morgan fingerprint density at radius 2 is 1.97 bits per heavy atom. The lowest BCUT2D eigenvalue weighted by atomic mass is 9.55. The number of aromatic amines is 1. The predicted molar refractivity (Wildman–Crippen MR) is 137 cm³/mol. The van der Waals surface area contributed by atoms with Gasteiger partial charge < -0.3 is 35.7 Å². The first kappa shape index (κ1) is 23.8. The van der Waals surface area contributed by atoms with E-state index >= 15 is 4.39 Å². The van der Waals surface area contributed by atoms with Crippen LogP contribution in [0.25, 0.3) is 16.6 Å². The van der Waals surface area contributed by atoms with Crippen molar-refractivity contribution in [3.63, 3.8) is 0 Å². The number of alkyl halides is 1. The number of hydrogen-bond donors (Lipinski definition) is 5. The number of aliphatic hydroxyl groups is 3. The molecule has 1 aromatic heterocycles. The second-order valence-electron chi connectivity index (χ2n) is 12.4. The summed E-state index contributed by atoms with van der Waals surface area (Å²) in [6.07, 6.45) is 2.13. The molecule has 198 valence electrons. The minimum atomic E-state index is -2.47. The van der Waals surface area contributed by atoms with Crippen LogP contribution in [0.2, 0.25) is 0 Å². The van der Waals surface area contributed by atoms with Crippen molar-refractivity contribution in [2.75, 3.05) is 19.8 Å². The molecule has 9 unspecified atom stereocenters. The van der Waals surface area contributed by atoms with E-state index in [-0.39, 0.29) is 17.8 Å². The fourth-order valence-electron chi connectivity index (χ4n) is 8.73. The van der Waals surface area contributed by atoms with Crippen LogP contribution in [0.5, 0.6) is 0 Å². The first-order chi connectivity index (χ1) is 17.5. The first-order valence-electron chi connectivity index (χ1n) is 13.2. The molecule has 2 spiro atoms. The summed E-state index contributed by atoms with van der Waals surface area (Å²) in [6, 6.07) is 5.64. The zero-order valence-electron chi connectivity index (χ0n) is 21.4. The number of rotatable bonds is 2. The number of fused-ring (bicyclic) bond motifs is 2. The van der Waals surface area contributed by atoms with E-state index in [0.717, 1.165) is 23.0 Å². The Hall–Kier alpha value is -2.30. The molecule has 2 aromatic rings. The Kier molecular flexibility index (Phi) is 4.64. The zero-order chi connectivity index (χ0) is 26.1. The summed E-state index contributed by atoms with van der Waals surface area (Å²) in [5.74, 6) is 0.394. The van der Waals surface area contributed by atoms with Gasteiger partial charge in [-0.15, -0.1) is 0 Å². The van der Waals surface area contributed by atoms with Gasteiger partial charge in [-0.05, 0) is 75.0 Å². The number of nitrogens with one attached hydrogen (secondary N) is 1. The van der Waals surface area contributed by atoms with Crippen molar-refractivity contribution < 1.29 is 24.4 Å². The average molecular weight is 511 g/mol. The van der Waals surface area contributed by atoms with Crippen LogP contribution >= 0.6 is 0 Å². The van der Waals surface area contributed by atoms with Gasteiger partial charge in [-0.25, -0.2) is 9.37 Å². The summed E-state index contributed by atoms with van der Waals surface area (Å²) in [5.41, 5.74) is 5.45. The summed E-state index contributed by atoms with van der Waals surface area (Å²) >= 11 is 0. The number of aliphatic hydroxyl groups excluding tert-OH is 3. The molecule has 0 amide bonds. The van der Waals surface area contributed by atoms with Crippen molar-refractivity contribution in [1.29, 1.82) is 0 Å². The van der Waals surface area contributed by atoms with Crippen LogP contribution in [0.3, 0.4) is 0 Å². The summed E-state index contributed by atoms with van der Waals surface area (Å²) < 4.78 is 23.9. The second-order valence-corrected chi connectivity index (χ2v) is 12.4. The van der Waals surface area contributed by atoms with Crippen molar-refractivity contribution in [3.05, 3.63) is 41.5 Å². The molecule has 5 aliphatic rings. The number of halogens is 1. The average Bonchev–Trinajstić information content (AvgIpc) is 3.51. The number of anilines is 1. The normalized spacial score (nSPS) is 46.4. The number of aromatic nitrogens is 2. The van der Waals surface area contributed by atoms with Crippen LogP contribution in [0, 0.1) is 11.3 Å². The van der Waals surface area contributed by atoms with E-state index in [1.54, 1.807) is 0 Å². The van der Waals surface area contributed by atoms with E-state index in [2.05, 4.69) is 35.1 Å². The number of hydrogen-bond acceptors (Lipinski definition) is 7. The molecule has 6 N–H and O–H groups in total. The quantitative estimate of drug-likeness (QED) is 0.392. The molecule has 2 aliphatic heterocycles. The van der Waals surface area contributed by atoms with Crippen molar-refractivity contribution in [2.24, 2.45) is 11.3 Å². The Morgan fingerprint density at radius 3 is 2.73 bits per heavy atom. The third kappa shape index (κ3) is 2.67. The predicted octanol–water partition coefficient (Wildman–Crippen LogP) is 2.31. The summed E-state index contributed by atoms with van der Waals surface area (Å²) in [7, 11) is 3.62. The van der Waals surface area contributed by atoms with E-state index in [9.17, 15) is 15.3 Å². The highest BCUT2D eigenvalue weighted by Gasteiger charge is 2.79. The highest BCUT2D eigenvalue weighted by molar-refractivity contribution is 5.84. The van der Waals surface area contributed by atoms with Gasteiger partial charge in [-0.1, -0.05) is 25.1 Å². The van der Waals surface area contributed by atoms with E-state index in [1.165, 1.54) is 5.57 Å². The van der Waals surface area contributed by atoms with Gasteiger partial charge in [0.1, 0.15) is 17.8 Å². The number of allylic oxidation sites excluding steroid dienone is 3. The fraction of sp³-hybridized carbons (Fsp3) is 0.607. The summed E-state index contributed by atoms with van der Waals surface area (Å²) in [6.45, 7) is 2.24. The number of nitrogen functional groups attached to an aromatic ring is 1. The second kappa shape index (κ2) is 7.21. The van der Waals surface area contributed by atoms with E-state index < -0.39 is 41.2 Å². The molecule has 3 heterocycles. The molecule has 37 heavy (non-hydrogen) atoms. The maximum absolute atomic E-state index is 17.0. The molecule has 2 saturated heterocycles. The van der Waals surface area contributed by atoms with Crippen LogP contribution < -0.4 is 5.73 Å². The molecule has 1 saturated carbocycles. The molecule has 1 aromatic carbocycles. The monoisotopic (exact) mass is 510 g/mol. The maximum atomic E-state index is 17.0. The SMILES string of the molecule is CN(C)C1CC23CCC4(O2)C(=CCC2(C)C(c5ccc6nc(N)[nH]c6c5)=CCC24)C(O)C3(F)C(O)C1O. The summed E-state index contributed by atoms with van der Waals surface area (Å²) in [5, 5.41) is 33.5. The maximum Gasteiger partial charge on any atom is 0.198 e. The number of nitrogens with zero attached hydrogens (tertiary/aromatic N) is 2. The van der Waals surface area contributed by atoms with Gasteiger partial charge in [0.15, 0.2) is 11.6 Å². The van der Waals surface area contributed by atoms with Crippen LogP contribution in [-0.2, 0) is 4.74 Å². The largest absolute Gasteiger partial charge is 0.389 e. The molecule has 7 rings (SSSR count). The molecule has 0 radical (unpaired) electrons. The molecular weight excluding hydrogens is 475 g/mol. The van der Waals surface area contributed by atoms with Crippen molar-refractivity contribution in [2.45, 2.75) is 80.3 Å². The van der Waals surface area contributed by atoms with E-state index in [4.69, 9.17) is 10.5 Å². The number of imidazole rings is 1. The smallest absolute Gasteiger partial charge is 0.198 e. The van der Waals surface area contributed by atoms with Crippen LogP contribution in [0.1, 0.15) is 44.6 Å². The van der Waals surface area contributed by atoms with Crippen LogP contribution in [0.4, 0.5) is 10.3 Å². The van der Waals surface area contributed by atoms with E-state index in [1.807, 2.05) is 31.1 Å². The number of benzene rings is 1. The van der Waals surface area contributed by atoms with Gasteiger partial charge in [0.05, 0.1) is 22.7 Å². The fourth-order valence-corrected chi connectivity index (χ4v) is 8.73. The van der Waals surface area contributed by atoms with Gasteiger partial charge >= 0.3 is 0 Å². The van der Waals surface area contributed by atoms with Crippen LogP contribution in [-0.4, -0.2) is 85.5 Å². The van der Waals surface area contributed by atoms with Gasteiger partial charge in [0.2, 0.25) is 0 Å². The van der Waals surface area contributed by atoms with Gasteiger partial charge in [-0.3, -0.25) is 0 Å². The molecule has 8 nitrogen and oxygen atoms in total. The van der Waals surface area contributed by atoms with E-state index in [0.29, 0.717) is 30.8 Å². The highest BCUT2D eigenvalue weighted by atomic mass is 19.1. The molecule has 2 bridgehead atoms. The number of H-pyrrole nitrogens is 1. The van der Waals surface area contributed by atoms with Crippen LogP contribution in [0.15, 0.2) is 35.9 Å². The lowest BCUT2D eigenvalue weighted by Gasteiger charge is -2.62. The molecule has 9 atom stereocenters. The van der Waals surface area contributed by atoms with Gasteiger partial charge in [0.25, 0.3) is 0 Å². The minimum absolute atomic E-state index is 0.0120. The molecule has 9 heteroatoms. The molecular formula is C28H35FN4O4. The summed E-state index contributed by atoms with van der Waals surface area (Å²) in [4.78, 5) is 9.25. The minimum Gasteiger partial charge on any atom is -0.389 e. The van der Waals surface area contributed by atoms with Gasteiger partial charge in [0, 0.05) is 17.4 Å². The zero-order valence-corrected chi connectivity index (χ0v) is 21.4. The number of nitrogens with two attached hydrogens (primary N) is 1. The Labute approximate surface area is 215 Å². The molecule has 3 fully saturated rings. The number of likely N-dealkylation sites (N-methyl/N-ethyl adjacent to an activating group) is 1. The van der Waals surface area contributed by atoms with Crippen molar-refractivity contribution >= 4 is 22.6 Å². The molecule has 3 aliphatic carbocycles. The highest BCUT2D eigenvalue weighted by Crippen LogP contribution is 2.70. The van der Waals surface area contributed by atoms with Crippen molar-refractivity contribution in [3.8, 4) is 0 Å². The van der Waals surface area contributed by atoms with Crippen molar-refractivity contribution in [1.82, 2.24) is 14.9 Å². The lowest BCUT2D eigenvalue weighted by molar-refractivity contribution is -0.308. The van der Waals surface area contributed by atoms with Gasteiger partial charge in [-0.2, -0.15) is 0 Å². The lowest BCUT2D eigenvalue weighted by Crippen LogP contribution is -2.78. The first-order valence-corrected chi connectivity index (χ1v) is 13.2. The number of ether oxygens (including phenoxy) is 1. The standard InChI is InChI=1S/C28H35FN4O4/c1-25-9-8-16-22(35)28(29)23(36)21(34)19(33(2)3)13-26(28)10-11-27(16,37-26)20(25)7-5-15(25)14-4-6-17-18(12-14)32-24(30)31-17/h4-6,8,12,19-23,34-36H,7,9-11,13H2,1-3H3,(H3,30,31,32). The Morgan fingerprint density at radius 1 is 1.19 bits per heavy atom.